The zero-order valence-corrected chi connectivity index (χ0v) is 12.3. The van der Waals surface area contributed by atoms with Crippen LogP contribution in [0.2, 0.25) is 0 Å². The third kappa shape index (κ3) is 4.61. The van der Waals surface area contributed by atoms with Crippen LogP contribution in [0.4, 0.5) is 19.0 Å². The molecule has 4 nitrogen and oxygen atoms in total. The van der Waals surface area contributed by atoms with E-state index in [1.807, 2.05) is 25.9 Å². The largest absolute Gasteiger partial charge is 0.433 e. The van der Waals surface area contributed by atoms with E-state index < -0.39 is 11.9 Å². The van der Waals surface area contributed by atoms with Gasteiger partial charge in [0.2, 0.25) is 0 Å². The van der Waals surface area contributed by atoms with Crippen molar-refractivity contribution in [2.75, 3.05) is 26.0 Å². The first-order chi connectivity index (χ1) is 9.11. The summed E-state index contributed by atoms with van der Waals surface area (Å²) in [4.78, 5) is 5.50. The van der Waals surface area contributed by atoms with E-state index in [0.717, 1.165) is 6.07 Å². The molecule has 0 spiro atoms. The van der Waals surface area contributed by atoms with Gasteiger partial charge in [0, 0.05) is 12.6 Å². The molecule has 0 aliphatic carbocycles. The van der Waals surface area contributed by atoms with Crippen molar-refractivity contribution in [3.8, 4) is 0 Å². The summed E-state index contributed by atoms with van der Waals surface area (Å²) >= 11 is 4.83. The zero-order valence-electron chi connectivity index (χ0n) is 11.5. The number of aromatic nitrogens is 1. The number of nitrogens with two attached hydrogens (primary N) is 1. The van der Waals surface area contributed by atoms with Gasteiger partial charge in [-0.1, -0.05) is 12.2 Å². The van der Waals surface area contributed by atoms with Crippen molar-refractivity contribution >= 4 is 23.0 Å². The Bertz CT molecular complexity index is 488. The van der Waals surface area contributed by atoms with Crippen molar-refractivity contribution in [3.05, 3.63) is 23.4 Å². The number of hydrogen-bond acceptors (Lipinski definition) is 4. The van der Waals surface area contributed by atoms with Gasteiger partial charge in [0.25, 0.3) is 0 Å². The number of hydrogen-bond donors (Lipinski definition) is 2. The summed E-state index contributed by atoms with van der Waals surface area (Å²) < 4.78 is 38.1. The second kappa shape index (κ2) is 6.36. The van der Waals surface area contributed by atoms with Crippen molar-refractivity contribution in [1.82, 2.24) is 9.88 Å². The smallest absolute Gasteiger partial charge is 0.389 e. The minimum Gasteiger partial charge on any atom is -0.389 e. The first-order valence-electron chi connectivity index (χ1n) is 5.90. The van der Waals surface area contributed by atoms with E-state index in [1.165, 1.54) is 6.07 Å². The fraction of sp³-hybridized carbons (Fsp3) is 0.500. The molecule has 0 aliphatic rings. The molecule has 0 saturated carbocycles. The van der Waals surface area contributed by atoms with Crippen molar-refractivity contribution in [2.45, 2.75) is 19.1 Å². The average molecular weight is 306 g/mol. The molecule has 0 bridgehead atoms. The number of thiocarbonyl (C=S) groups is 1. The minimum atomic E-state index is -4.50. The highest BCUT2D eigenvalue weighted by Crippen LogP contribution is 2.29. The standard InChI is InChI=1S/C12H17F3N4S/c1-7(6-19(2)3)17-11-8(10(16)20)4-5-9(18-11)12(13,14)15/h4-5,7H,6H2,1-3H3,(H2,16,20)(H,17,18). The summed E-state index contributed by atoms with van der Waals surface area (Å²) in [5.74, 6) is 0.0571. The van der Waals surface area contributed by atoms with Gasteiger partial charge in [-0.25, -0.2) is 4.98 Å². The summed E-state index contributed by atoms with van der Waals surface area (Å²) in [5, 5.41) is 2.92. The highest BCUT2D eigenvalue weighted by molar-refractivity contribution is 7.80. The summed E-state index contributed by atoms with van der Waals surface area (Å²) in [5.41, 5.74) is 4.84. The van der Waals surface area contributed by atoms with Gasteiger partial charge >= 0.3 is 6.18 Å². The molecule has 1 atom stereocenters. The Morgan fingerprint density at radius 1 is 1.45 bits per heavy atom. The Morgan fingerprint density at radius 3 is 2.50 bits per heavy atom. The van der Waals surface area contributed by atoms with Gasteiger partial charge in [-0.05, 0) is 33.2 Å². The number of anilines is 1. The van der Waals surface area contributed by atoms with E-state index in [1.54, 1.807) is 0 Å². The van der Waals surface area contributed by atoms with Gasteiger partial charge in [-0.3, -0.25) is 0 Å². The lowest BCUT2D eigenvalue weighted by molar-refractivity contribution is -0.141. The molecule has 0 radical (unpaired) electrons. The van der Waals surface area contributed by atoms with E-state index in [0.29, 0.717) is 12.1 Å². The van der Waals surface area contributed by atoms with Crippen LogP contribution in [0.25, 0.3) is 0 Å². The first-order valence-corrected chi connectivity index (χ1v) is 6.31. The average Bonchev–Trinajstić information content (AvgIpc) is 2.25. The lowest BCUT2D eigenvalue weighted by atomic mass is 10.2. The summed E-state index contributed by atoms with van der Waals surface area (Å²) in [6.45, 7) is 2.47. The Morgan fingerprint density at radius 2 is 2.05 bits per heavy atom. The summed E-state index contributed by atoms with van der Waals surface area (Å²) in [6.07, 6.45) is -4.50. The Hall–Kier alpha value is -1.41. The molecule has 8 heteroatoms. The second-order valence-corrected chi connectivity index (χ2v) is 5.20. The van der Waals surface area contributed by atoms with E-state index >= 15 is 0 Å². The van der Waals surface area contributed by atoms with Gasteiger partial charge in [0.1, 0.15) is 16.5 Å². The van der Waals surface area contributed by atoms with Crippen LogP contribution in [0, 0.1) is 0 Å². The van der Waals surface area contributed by atoms with Crippen molar-refractivity contribution in [1.29, 1.82) is 0 Å². The van der Waals surface area contributed by atoms with Crippen molar-refractivity contribution < 1.29 is 13.2 Å². The monoisotopic (exact) mass is 306 g/mol. The predicted molar refractivity (Wildman–Crippen MR) is 76.8 cm³/mol. The third-order valence-corrected chi connectivity index (χ3v) is 2.69. The first kappa shape index (κ1) is 16.6. The molecule has 112 valence electrons. The Kier molecular flexibility index (Phi) is 5.29. The van der Waals surface area contributed by atoms with Crippen LogP contribution in [0.1, 0.15) is 18.2 Å². The number of pyridine rings is 1. The van der Waals surface area contributed by atoms with Gasteiger partial charge in [-0.2, -0.15) is 13.2 Å². The quantitative estimate of drug-likeness (QED) is 0.816. The Labute approximate surface area is 121 Å². The maximum atomic E-state index is 12.7. The van der Waals surface area contributed by atoms with E-state index in [9.17, 15) is 13.2 Å². The lowest BCUT2D eigenvalue weighted by Crippen LogP contribution is -2.31. The number of nitrogens with zero attached hydrogens (tertiary/aromatic N) is 2. The Balaban J connectivity index is 3.09. The van der Waals surface area contributed by atoms with E-state index in [-0.39, 0.29) is 16.8 Å². The molecule has 3 N–H and O–H groups in total. The molecular weight excluding hydrogens is 289 g/mol. The van der Waals surface area contributed by atoms with E-state index in [4.69, 9.17) is 18.0 Å². The zero-order chi connectivity index (χ0) is 15.5. The minimum absolute atomic E-state index is 0.00535. The number of rotatable bonds is 5. The molecule has 1 rings (SSSR count). The summed E-state index contributed by atoms with van der Waals surface area (Å²) in [6, 6.07) is 2.01. The molecule has 1 heterocycles. The highest BCUT2D eigenvalue weighted by Gasteiger charge is 2.33. The number of halogens is 3. The molecule has 0 aliphatic heterocycles. The molecular formula is C12H17F3N4S. The topological polar surface area (TPSA) is 54.2 Å². The van der Waals surface area contributed by atoms with Gasteiger partial charge in [0.15, 0.2) is 0 Å². The van der Waals surface area contributed by atoms with Crippen LogP contribution in [-0.4, -0.2) is 41.6 Å². The molecule has 0 fully saturated rings. The molecule has 1 aromatic heterocycles. The lowest BCUT2D eigenvalue weighted by Gasteiger charge is -2.21. The van der Waals surface area contributed by atoms with Crippen LogP contribution in [0.15, 0.2) is 12.1 Å². The number of alkyl halides is 3. The molecule has 20 heavy (non-hydrogen) atoms. The van der Waals surface area contributed by atoms with Crippen molar-refractivity contribution in [2.24, 2.45) is 5.73 Å². The van der Waals surface area contributed by atoms with Crippen LogP contribution >= 0.6 is 12.2 Å². The molecule has 0 saturated heterocycles. The van der Waals surface area contributed by atoms with Gasteiger partial charge in [0.05, 0.1) is 5.56 Å². The fourth-order valence-electron chi connectivity index (χ4n) is 1.75. The van der Waals surface area contributed by atoms with Crippen LogP contribution in [0.3, 0.4) is 0 Å². The number of nitrogens with one attached hydrogen (secondary N) is 1. The summed E-state index contributed by atoms with van der Waals surface area (Å²) in [7, 11) is 3.73. The third-order valence-electron chi connectivity index (χ3n) is 2.47. The maximum Gasteiger partial charge on any atom is 0.433 e. The SMILES string of the molecule is CC(CN(C)C)Nc1nc(C(F)(F)F)ccc1C(N)=S. The molecule has 0 aromatic carbocycles. The van der Waals surface area contributed by atoms with Crippen LogP contribution < -0.4 is 11.1 Å². The van der Waals surface area contributed by atoms with Crippen LogP contribution in [-0.2, 0) is 6.18 Å². The normalized spacial score (nSPS) is 13.3. The molecule has 1 aromatic rings. The second-order valence-electron chi connectivity index (χ2n) is 4.76. The number of likely N-dealkylation sites (N-methyl/N-ethyl adjacent to an activating group) is 1. The molecule has 0 amide bonds. The van der Waals surface area contributed by atoms with E-state index in [2.05, 4.69) is 10.3 Å². The predicted octanol–water partition coefficient (Wildman–Crippen LogP) is 2.10. The van der Waals surface area contributed by atoms with Crippen LogP contribution in [0.5, 0.6) is 0 Å². The van der Waals surface area contributed by atoms with Gasteiger partial charge in [-0.15, -0.1) is 0 Å². The fourth-order valence-corrected chi connectivity index (χ4v) is 1.92. The molecule has 1 unspecified atom stereocenters. The highest BCUT2D eigenvalue weighted by atomic mass is 32.1. The maximum absolute atomic E-state index is 12.7. The van der Waals surface area contributed by atoms with Crippen molar-refractivity contribution in [3.63, 3.8) is 0 Å². The van der Waals surface area contributed by atoms with Gasteiger partial charge < -0.3 is 16.0 Å².